The zero-order chi connectivity index (χ0) is 19.6. The van der Waals surface area contributed by atoms with E-state index in [0.29, 0.717) is 33.3 Å². The first-order valence-corrected chi connectivity index (χ1v) is 10.1. The van der Waals surface area contributed by atoms with Crippen LogP contribution in [0.1, 0.15) is 32.6 Å². The lowest BCUT2D eigenvalue weighted by atomic mass is 10.3. The van der Waals surface area contributed by atoms with Crippen LogP contribution >= 0.6 is 0 Å². The van der Waals surface area contributed by atoms with Crippen molar-refractivity contribution in [1.82, 2.24) is 19.8 Å². The molecular formula is C16H22N4O6S. The minimum atomic E-state index is -4.34. The highest BCUT2D eigenvalue weighted by atomic mass is 32.2. The molecule has 1 aliphatic rings. The number of aromatic nitrogens is 2. The van der Waals surface area contributed by atoms with E-state index in [1.807, 2.05) is 0 Å². The van der Waals surface area contributed by atoms with Crippen LogP contribution in [0.2, 0.25) is 0 Å². The summed E-state index contributed by atoms with van der Waals surface area (Å²) in [6, 6.07) is 4.29. The van der Waals surface area contributed by atoms with Crippen LogP contribution in [-0.2, 0) is 14.9 Å². The first-order chi connectivity index (χ1) is 12.8. The lowest BCUT2D eigenvalue weighted by Gasteiger charge is -2.32. The van der Waals surface area contributed by atoms with E-state index in [4.69, 9.17) is 4.84 Å². The molecule has 0 radical (unpaired) electrons. The van der Waals surface area contributed by atoms with Gasteiger partial charge in [-0.1, -0.05) is 12.8 Å². The monoisotopic (exact) mass is 398 g/mol. The van der Waals surface area contributed by atoms with Gasteiger partial charge in [-0.3, -0.25) is 9.94 Å². The Labute approximate surface area is 156 Å². The number of hydrogen-bond acceptors (Lipinski definition) is 6. The van der Waals surface area contributed by atoms with E-state index < -0.39 is 34.9 Å². The van der Waals surface area contributed by atoms with Gasteiger partial charge >= 0.3 is 6.09 Å². The number of amides is 1. The molecule has 3 N–H and O–H groups in total. The molecule has 3 rings (SSSR count). The average Bonchev–Trinajstić information content (AvgIpc) is 3.27. The number of hydrazine groups is 1. The number of aliphatic hydroxyl groups excluding tert-OH is 1. The molecule has 1 heterocycles. The number of carboxylic acid groups (broad SMARTS) is 1. The van der Waals surface area contributed by atoms with E-state index in [9.17, 15) is 23.4 Å². The third-order valence-electron chi connectivity index (χ3n) is 4.31. The second-order valence-corrected chi connectivity index (χ2v) is 8.29. The van der Waals surface area contributed by atoms with Crippen LogP contribution in [0.5, 0.6) is 0 Å². The minimum absolute atomic E-state index is 0.133. The highest BCUT2D eigenvalue weighted by Crippen LogP contribution is 2.28. The molecule has 1 unspecified atom stereocenters. The van der Waals surface area contributed by atoms with Gasteiger partial charge in [0.1, 0.15) is 0 Å². The summed E-state index contributed by atoms with van der Waals surface area (Å²) in [7, 11) is -4.34. The van der Waals surface area contributed by atoms with E-state index in [2.05, 4.69) is 10.2 Å². The molecular weight excluding hydrogens is 376 g/mol. The Hall–Kier alpha value is -2.21. The number of aromatic amines is 1. The van der Waals surface area contributed by atoms with Crippen LogP contribution in [0.4, 0.5) is 4.79 Å². The zero-order valence-electron chi connectivity index (χ0n) is 14.8. The van der Waals surface area contributed by atoms with E-state index >= 15 is 0 Å². The van der Waals surface area contributed by atoms with Crippen molar-refractivity contribution >= 4 is 27.0 Å². The van der Waals surface area contributed by atoms with Crippen molar-refractivity contribution in [3.63, 3.8) is 0 Å². The Balaban J connectivity index is 2.01. The number of fused-ring (bicyclic) bond motifs is 1. The van der Waals surface area contributed by atoms with Crippen molar-refractivity contribution in [3.8, 4) is 0 Å². The fraction of sp³-hybridized carbons (Fsp3) is 0.500. The summed E-state index contributed by atoms with van der Waals surface area (Å²) < 4.78 is 26.8. The Morgan fingerprint density at radius 3 is 2.74 bits per heavy atom. The molecule has 1 atom stereocenters. The summed E-state index contributed by atoms with van der Waals surface area (Å²) in [6.07, 6.45) is 1.47. The quantitative estimate of drug-likeness (QED) is 0.604. The topological polar surface area (TPSA) is 136 Å². The Bertz CT molecular complexity index is 907. The molecule has 0 spiro atoms. The fourth-order valence-corrected chi connectivity index (χ4v) is 4.33. The molecule has 1 fully saturated rings. The third kappa shape index (κ3) is 4.21. The van der Waals surface area contributed by atoms with E-state index in [-0.39, 0.29) is 4.90 Å². The van der Waals surface area contributed by atoms with Gasteiger partial charge < -0.3 is 10.2 Å². The van der Waals surface area contributed by atoms with Crippen molar-refractivity contribution in [2.45, 2.75) is 49.7 Å². The molecule has 1 aliphatic carbocycles. The fourth-order valence-electron chi connectivity index (χ4n) is 3.00. The number of rotatable bonds is 7. The number of nitrogens with one attached hydrogen (secondary N) is 1. The normalized spacial score (nSPS) is 16.9. The predicted molar refractivity (Wildman–Crippen MR) is 94.9 cm³/mol. The maximum atomic E-state index is 13.2. The smallest absolute Gasteiger partial charge is 0.424 e. The lowest BCUT2D eigenvalue weighted by molar-refractivity contribution is -0.230. The van der Waals surface area contributed by atoms with Crippen LogP contribution in [-0.4, -0.2) is 63.3 Å². The summed E-state index contributed by atoms with van der Waals surface area (Å²) in [5.41, 5.74) is 0.649. The van der Waals surface area contributed by atoms with Crippen LogP contribution in [0.15, 0.2) is 29.3 Å². The summed E-state index contributed by atoms with van der Waals surface area (Å²) in [4.78, 5) is 17.2. The first-order valence-electron chi connectivity index (χ1n) is 8.62. The summed E-state index contributed by atoms with van der Waals surface area (Å²) in [5.74, 6) is 0. The number of hydrogen-bond donors (Lipinski definition) is 3. The van der Waals surface area contributed by atoms with Gasteiger partial charge in [0.05, 0.1) is 35.4 Å². The van der Waals surface area contributed by atoms with Crippen LogP contribution in [0.25, 0.3) is 10.9 Å². The molecule has 0 bridgehead atoms. The molecule has 10 nitrogen and oxygen atoms in total. The highest BCUT2D eigenvalue weighted by molar-refractivity contribution is 7.89. The summed E-state index contributed by atoms with van der Waals surface area (Å²) in [6.45, 7) is 0.920. The molecule has 11 heteroatoms. The predicted octanol–water partition coefficient (Wildman–Crippen LogP) is 1.70. The van der Waals surface area contributed by atoms with E-state index in [0.717, 1.165) is 12.8 Å². The zero-order valence-corrected chi connectivity index (χ0v) is 15.6. The summed E-state index contributed by atoms with van der Waals surface area (Å²) in [5, 5.41) is 26.8. The molecule has 148 valence electrons. The molecule has 27 heavy (non-hydrogen) atoms. The van der Waals surface area contributed by atoms with Gasteiger partial charge in [-0.15, -0.1) is 0 Å². The molecule has 1 amide bonds. The van der Waals surface area contributed by atoms with Gasteiger partial charge in [0.2, 0.25) is 0 Å². The first kappa shape index (κ1) is 19.5. The van der Waals surface area contributed by atoms with Gasteiger partial charge in [-0.25, -0.2) is 13.2 Å². The largest absolute Gasteiger partial charge is 0.464 e. The molecule has 1 aromatic carbocycles. The van der Waals surface area contributed by atoms with Crippen LogP contribution < -0.4 is 0 Å². The van der Waals surface area contributed by atoms with Crippen LogP contribution in [0, 0.1) is 0 Å². The molecule has 0 saturated heterocycles. The van der Waals surface area contributed by atoms with Crippen molar-refractivity contribution in [1.29, 1.82) is 0 Å². The molecule has 0 aliphatic heterocycles. The van der Waals surface area contributed by atoms with Gasteiger partial charge in [-0.05, 0) is 38.0 Å². The van der Waals surface area contributed by atoms with Gasteiger partial charge in [0.25, 0.3) is 10.0 Å². The highest BCUT2D eigenvalue weighted by Gasteiger charge is 2.38. The Kier molecular flexibility index (Phi) is 5.65. The van der Waals surface area contributed by atoms with Gasteiger partial charge in [0, 0.05) is 9.96 Å². The standard InChI is InChI=1S/C16H22N4O6S/c1-11(21)10-19(16(22)23)20(26-13-4-2-3-5-13)27(24,25)14-6-7-15-12(8-14)9-17-18-15/h6-9,11,13,21H,2-5,10H2,1H3,(H,17,18)(H,22,23). The molecule has 1 saturated carbocycles. The number of carbonyl (C=O) groups is 1. The van der Waals surface area contributed by atoms with Crippen molar-refractivity contribution in [2.24, 2.45) is 0 Å². The molecule has 2 aromatic rings. The van der Waals surface area contributed by atoms with E-state index in [1.165, 1.54) is 25.3 Å². The Morgan fingerprint density at radius 2 is 2.11 bits per heavy atom. The number of aliphatic hydroxyl groups is 1. The Morgan fingerprint density at radius 1 is 1.41 bits per heavy atom. The maximum absolute atomic E-state index is 13.2. The van der Waals surface area contributed by atoms with Gasteiger partial charge in [0.15, 0.2) is 0 Å². The van der Waals surface area contributed by atoms with Crippen molar-refractivity contribution in [2.75, 3.05) is 6.54 Å². The SMILES string of the molecule is CC(O)CN(C(=O)O)N(OC1CCCC1)S(=O)(=O)c1ccc2[nH]ncc2c1. The van der Waals surface area contributed by atoms with Gasteiger partial charge in [-0.2, -0.15) is 10.1 Å². The number of benzene rings is 1. The second kappa shape index (κ2) is 7.80. The van der Waals surface area contributed by atoms with Crippen LogP contribution in [0.3, 0.4) is 0 Å². The maximum Gasteiger partial charge on any atom is 0.424 e. The lowest BCUT2D eigenvalue weighted by Crippen LogP contribution is -2.52. The third-order valence-corrected chi connectivity index (χ3v) is 5.86. The average molecular weight is 398 g/mol. The number of nitrogens with zero attached hydrogens (tertiary/aromatic N) is 3. The molecule has 1 aromatic heterocycles. The minimum Gasteiger partial charge on any atom is -0.464 e. The summed E-state index contributed by atoms with van der Waals surface area (Å²) >= 11 is 0. The number of sulfonamides is 1. The number of H-pyrrole nitrogens is 1. The van der Waals surface area contributed by atoms with Crippen molar-refractivity contribution < 1.29 is 28.3 Å². The van der Waals surface area contributed by atoms with Crippen molar-refractivity contribution in [3.05, 3.63) is 24.4 Å². The van der Waals surface area contributed by atoms with E-state index in [1.54, 1.807) is 6.07 Å². The second-order valence-electron chi connectivity index (χ2n) is 6.56.